The third kappa shape index (κ3) is 4.56. The molecule has 0 aliphatic carbocycles. The van der Waals surface area contributed by atoms with Crippen LogP contribution in [0.2, 0.25) is 0 Å². The van der Waals surface area contributed by atoms with Gasteiger partial charge >= 0.3 is 0 Å². The molecule has 2 N–H and O–H groups in total. The fourth-order valence-electron chi connectivity index (χ4n) is 1.60. The van der Waals surface area contributed by atoms with Gasteiger partial charge in [-0.2, -0.15) is 11.8 Å². The Hall–Kier alpha value is -1.23. The molecule has 1 aromatic rings. The van der Waals surface area contributed by atoms with Crippen molar-refractivity contribution in [1.29, 1.82) is 0 Å². The molecule has 1 amide bonds. The van der Waals surface area contributed by atoms with Gasteiger partial charge in [-0.25, -0.2) is 4.98 Å². The Morgan fingerprint density at radius 2 is 2.33 bits per heavy atom. The van der Waals surface area contributed by atoms with Gasteiger partial charge in [-0.3, -0.25) is 4.79 Å². The van der Waals surface area contributed by atoms with Gasteiger partial charge in [0.15, 0.2) is 0 Å². The monoisotopic (exact) mass is 267 g/mol. The van der Waals surface area contributed by atoms with E-state index in [4.69, 9.17) is 0 Å². The zero-order valence-electron chi connectivity index (χ0n) is 11.2. The largest absolute Gasteiger partial charge is 0.370 e. The maximum atomic E-state index is 12.1. The van der Waals surface area contributed by atoms with Gasteiger partial charge in [0.25, 0.3) is 5.91 Å². The molecule has 1 aromatic heterocycles. The van der Waals surface area contributed by atoms with Crippen LogP contribution in [-0.2, 0) is 0 Å². The van der Waals surface area contributed by atoms with E-state index in [1.54, 1.807) is 30.1 Å². The molecule has 0 bridgehead atoms. The van der Waals surface area contributed by atoms with Crippen molar-refractivity contribution in [1.82, 2.24) is 10.3 Å². The van der Waals surface area contributed by atoms with Crippen LogP contribution in [0.3, 0.4) is 0 Å². The first kappa shape index (κ1) is 14.8. The van der Waals surface area contributed by atoms with Crippen molar-refractivity contribution in [3.05, 3.63) is 23.9 Å². The van der Waals surface area contributed by atoms with Gasteiger partial charge in [0.05, 0.1) is 5.56 Å². The summed E-state index contributed by atoms with van der Waals surface area (Å²) < 4.78 is 0. The highest BCUT2D eigenvalue weighted by Gasteiger charge is 2.12. The summed E-state index contributed by atoms with van der Waals surface area (Å²) in [5.41, 5.74) is 0.607. The van der Waals surface area contributed by atoms with Gasteiger partial charge in [-0.1, -0.05) is 6.92 Å². The lowest BCUT2D eigenvalue weighted by Crippen LogP contribution is -2.29. The maximum Gasteiger partial charge on any atom is 0.255 e. The predicted octanol–water partition coefficient (Wildman–Crippen LogP) is 2.24. The second-order valence-electron chi connectivity index (χ2n) is 4.20. The third-order valence-corrected chi connectivity index (χ3v) is 3.36. The lowest BCUT2D eigenvalue weighted by molar-refractivity contribution is 0.0950. The molecule has 5 heteroatoms. The van der Waals surface area contributed by atoms with Crippen LogP contribution in [0, 0.1) is 5.92 Å². The summed E-state index contributed by atoms with van der Waals surface area (Å²) in [5.74, 6) is 2.11. The van der Waals surface area contributed by atoms with Crippen LogP contribution in [-0.4, -0.2) is 36.0 Å². The summed E-state index contributed by atoms with van der Waals surface area (Å²) in [6, 6.07) is 3.57. The molecule has 4 nitrogen and oxygen atoms in total. The Labute approximate surface area is 113 Å². The number of nitrogens with one attached hydrogen (secondary N) is 2. The number of amides is 1. The van der Waals surface area contributed by atoms with Crippen molar-refractivity contribution >= 4 is 23.5 Å². The van der Waals surface area contributed by atoms with Crippen molar-refractivity contribution < 1.29 is 4.79 Å². The minimum absolute atomic E-state index is 0.0630. The number of hydrogen-bond acceptors (Lipinski definition) is 4. The fourth-order valence-corrected chi connectivity index (χ4v) is 2.29. The van der Waals surface area contributed by atoms with Gasteiger partial charge in [-0.15, -0.1) is 0 Å². The van der Waals surface area contributed by atoms with Crippen LogP contribution in [0.25, 0.3) is 0 Å². The summed E-state index contributed by atoms with van der Waals surface area (Å²) in [6.45, 7) is 5.56. The first-order valence-corrected chi connectivity index (χ1v) is 7.54. The molecule has 0 aliphatic rings. The van der Waals surface area contributed by atoms with E-state index in [1.165, 1.54) is 0 Å². The zero-order valence-corrected chi connectivity index (χ0v) is 12.0. The minimum atomic E-state index is -0.0630. The number of carbonyl (C=O) groups is 1. The number of thioether (sulfide) groups is 1. The number of hydrogen-bond donors (Lipinski definition) is 2. The van der Waals surface area contributed by atoms with Gasteiger partial charge in [0.2, 0.25) is 0 Å². The summed E-state index contributed by atoms with van der Waals surface area (Å²) in [6.07, 6.45) is 3.76. The Morgan fingerprint density at radius 1 is 1.56 bits per heavy atom. The highest BCUT2D eigenvalue weighted by molar-refractivity contribution is 7.98. The average Bonchev–Trinajstić information content (AvgIpc) is 2.37. The molecule has 1 unspecified atom stereocenters. The van der Waals surface area contributed by atoms with Crippen molar-refractivity contribution in [2.24, 2.45) is 5.92 Å². The molecule has 0 fully saturated rings. The Balaban J connectivity index is 2.60. The van der Waals surface area contributed by atoms with E-state index in [-0.39, 0.29) is 5.91 Å². The average molecular weight is 267 g/mol. The molecule has 0 aliphatic heterocycles. The van der Waals surface area contributed by atoms with Crippen molar-refractivity contribution in [3.63, 3.8) is 0 Å². The molecule has 1 atom stereocenters. The van der Waals surface area contributed by atoms with Crippen LogP contribution in [0.15, 0.2) is 18.3 Å². The quantitative estimate of drug-likeness (QED) is 0.795. The first-order valence-electron chi connectivity index (χ1n) is 6.15. The molecule has 0 aromatic carbocycles. The Bertz CT molecular complexity index is 384. The van der Waals surface area contributed by atoms with Gasteiger partial charge < -0.3 is 10.6 Å². The van der Waals surface area contributed by atoms with Crippen molar-refractivity contribution in [3.8, 4) is 0 Å². The van der Waals surface area contributed by atoms with Crippen LogP contribution >= 0.6 is 11.8 Å². The summed E-state index contributed by atoms with van der Waals surface area (Å²) in [7, 11) is 0. The number of nitrogens with zero attached hydrogens (tertiary/aromatic N) is 1. The number of anilines is 1. The standard InChI is InChI=1S/C13H21N3OS/c1-4-14-12-11(6-5-7-15-12)13(17)16-8-10(2)9-18-3/h5-7,10H,4,8-9H2,1-3H3,(H,14,15)(H,16,17). The van der Waals surface area contributed by atoms with E-state index in [2.05, 4.69) is 28.8 Å². The molecule has 18 heavy (non-hydrogen) atoms. The van der Waals surface area contributed by atoms with E-state index >= 15 is 0 Å². The van der Waals surface area contributed by atoms with Gasteiger partial charge in [0, 0.05) is 19.3 Å². The van der Waals surface area contributed by atoms with Gasteiger partial charge in [0.1, 0.15) is 5.82 Å². The van der Waals surface area contributed by atoms with Crippen molar-refractivity contribution in [2.45, 2.75) is 13.8 Å². The third-order valence-electron chi connectivity index (χ3n) is 2.46. The maximum absolute atomic E-state index is 12.1. The second-order valence-corrected chi connectivity index (χ2v) is 5.11. The minimum Gasteiger partial charge on any atom is -0.370 e. The summed E-state index contributed by atoms with van der Waals surface area (Å²) >= 11 is 1.79. The zero-order chi connectivity index (χ0) is 13.4. The van der Waals surface area contributed by atoms with E-state index in [0.29, 0.717) is 23.8 Å². The van der Waals surface area contributed by atoms with Gasteiger partial charge in [-0.05, 0) is 37.0 Å². The lowest BCUT2D eigenvalue weighted by atomic mass is 10.2. The van der Waals surface area contributed by atoms with Crippen molar-refractivity contribution in [2.75, 3.05) is 30.4 Å². The van der Waals surface area contributed by atoms with E-state index in [9.17, 15) is 4.79 Å². The van der Waals surface area contributed by atoms with E-state index in [1.807, 2.05) is 6.92 Å². The predicted molar refractivity (Wildman–Crippen MR) is 78.3 cm³/mol. The first-order chi connectivity index (χ1) is 8.69. The SMILES string of the molecule is CCNc1ncccc1C(=O)NCC(C)CSC. The van der Waals surface area contributed by atoms with Crippen LogP contribution in [0.4, 0.5) is 5.82 Å². The topological polar surface area (TPSA) is 54.0 Å². The molecule has 0 radical (unpaired) electrons. The van der Waals surface area contributed by atoms with Crippen LogP contribution in [0.1, 0.15) is 24.2 Å². The smallest absolute Gasteiger partial charge is 0.255 e. The second kappa shape index (κ2) is 7.97. The molecular weight excluding hydrogens is 246 g/mol. The molecule has 1 heterocycles. The number of pyridine rings is 1. The highest BCUT2D eigenvalue weighted by Crippen LogP contribution is 2.11. The molecule has 1 rings (SSSR count). The molecule has 0 saturated carbocycles. The van der Waals surface area contributed by atoms with E-state index in [0.717, 1.165) is 12.3 Å². The fraction of sp³-hybridized carbons (Fsp3) is 0.538. The normalized spacial score (nSPS) is 11.9. The summed E-state index contributed by atoms with van der Waals surface area (Å²) in [5, 5.41) is 6.04. The highest BCUT2D eigenvalue weighted by atomic mass is 32.2. The molecular formula is C13H21N3OS. The van der Waals surface area contributed by atoms with Crippen LogP contribution < -0.4 is 10.6 Å². The Morgan fingerprint density at radius 3 is 3.00 bits per heavy atom. The Kier molecular flexibility index (Phi) is 6.57. The lowest BCUT2D eigenvalue weighted by Gasteiger charge is -2.13. The molecule has 100 valence electrons. The molecule has 0 spiro atoms. The number of carbonyl (C=O) groups excluding carboxylic acids is 1. The number of aromatic nitrogens is 1. The molecule has 0 saturated heterocycles. The van der Waals surface area contributed by atoms with Crippen LogP contribution in [0.5, 0.6) is 0 Å². The summed E-state index contributed by atoms with van der Waals surface area (Å²) in [4.78, 5) is 16.2. The van der Waals surface area contributed by atoms with E-state index < -0.39 is 0 Å². The number of rotatable bonds is 7.